The highest BCUT2D eigenvalue weighted by molar-refractivity contribution is 6.21. The first-order valence-electron chi connectivity index (χ1n) is 31.0. The van der Waals surface area contributed by atoms with Crippen LogP contribution in [0.1, 0.15) is 97.2 Å². The van der Waals surface area contributed by atoms with E-state index < -0.39 is 17.0 Å². The SMILES string of the molecule is Cc1ccc(N(c2ccc(C(C)(C)C)cc2)c2cc3c(c4c2Cc2ccccc2-4)-c2c(cc(N(c4ccc(C(C)(C)C)cc4)c4ccc(C)cc4-c4ccccc4)c4c2oc2ccccc24)C3(c2cccc(F)c2)c2cccc(F)c2)c(-c2ccccc2)c1. The number of nitrogens with zero attached hydrogens (tertiary/aromatic N) is 2. The zero-order valence-electron chi connectivity index (χ0n) is 51.5. The molecule has 13 aromatic rings. The maximum Gasteiger partial charge on any atom is 0.145 e. The molecule has 0 aliphatic heterocycles. The first-order valence-corrected chi connectivity index (χ1v) is 31.0. The number of halogens is 2. The molecule has 0 N–H and O–H groups in total. The van der Waals surface area contributed by atoms with Crippen LogP contribution in [0.25, 0.3) is 66.4 Å². The fraction of sp³-hybridized carbons (Fsp3) is 0.143. The van der Waals surface area contributed by atoms with Crippen LogP contribution in [0, 0.1) is 25.5 Å². The fourth-order valence-corrected chi connectivity index (χ4v) is 14.5. The van der Waals surface area contributed by atoms with Crippen LogP contribution in [-0.2, 0) is 22.7 Å². The van der Waals surface area contributed by atoms with Crippen LogP contribution in [0.3, 0.4) is 0 Å². The van der Waals surface area contributed by atoms with Crippen molar-refractivity contribution in [2.24, 2.45) is 0 Å². The normalized spacial score (nSPS) is 13.1. The van der Waals surface area contributed by atoms with E-state index in [1.165, 1.54) is 28.8 Å². The van der Waals surface area contributed by atoms with Gasteiger partial charge in [-0.2, -0.15) is 0 Å². The van der Waals surface area contributed by atoms with Crippen molar-refractivity contribution in [3.63, 3.8) is 0 Å². The standard InChI is InChI=1S/C84H68F2N2O/c1-52-33-43-72(67(45-52)54-21-11-9-12-22-54)87(63-39-35-57(36-40-63)82(3,4)5)74-50-70-79(77-65-30-16-15-25-56(65)47-69(74)77)80-71(84(70,59-26-19-28-61(85)48-59)60-27-20-29-62(86)49-60)51-75(78-66-31-17-18-32-76(66)89-81(78)80)88(64-41-37-58(38-42-64)83(6,7)8)73-44-34-53(2)46-68(73)55-23-13-10-14-24-55/h9-46,48-51H,47H2,1-8H3. The number of furan rings is 1. The summed E-state index contributed by atoms with van der Waals surface area (Å²) in [4.78, 5) is 4.86. The molecule has 0 atom stereocenters. The number of rotatable bonds is 10. The predicted octanol–water partition coefficient (Wildman–Crippen LogP) is 23.3. The fourth-order valence-electron chi connectivity index (χ4n) is 14.5. The molecule has 0 saturated carbocycles. The van der Waals surface area contributed by atoms with Gasteiger partial charge in [-0.1, -0.05) is 216 Å². The number of benzene rings is 12. The van der Waals surface area contributed by atoms with Gasteiger partial charge < -0.3 is 14.2 Å². The smallest absolute Gasteiger partial charge is 0.145 e. The van der Waals surface area contributed by atoms with Crippen LogP contribution in [0.4, 0.5) is 42.9 Å². The van der Waals surface area contributed by atoms with Gasteiger partial charge in [-0.25, -0.2) is 8.78 Å². The predicted molar refractivity (Wildman–Crippen MR) is 366 cm³/mol. The minimum Gasteiger partial charge on any atom is -0.455 e. The van der Waals surface area contributed by atoms with Gasteiger partial charge in [-0.05, 0) is 188 Å². The van der Waals surface area contributed by atoms with Gasteiger partial charge in [0.1, 0.15) is 22.8 Å². The van der Waals surface area contributed by atoms with Crippen LogP contribution in [0.15, 0.2) is 259 Å². The van der Waals surface area contributed by atoms with Crippen molar-refractivity contribution in [1.29, 1.82) is 0 Å². The lowest BCUT2D eigenvalue weighted by Crippen LogP contribution is -2.30. The molecular formula is C84H68F2N2O. The summed E-state index contributed by atoms with van der Waals surface area (Å²) in [5, 5.41) is 1.88. The number of aryl methyl sites for hydroxylation is 2. The van der Waals surface area contributed by atoms with Gasteiger partial charge in [0, 0.05) is 39.9 Å². The van der Waals surface area contributed by atoms with Crippen molar-refractivity contribution in [3.05, 3.63) is 322 Å². The minimum absolute atomic E-state index is 0.102. The summed E-state index contributed by atoms with van der Waals surface area (Å²) in [6, 6.07) is 88.7. The van der Waals surface area contributed by atoms with Crippen molar-refractivity contribution in [2.45, 2.75) is 78.1 Å². The lowest BCUT2D eigenvalue weighted by atomic mass is 9.67. The lowest BCUT2D eigenvalue weighted by molar-refractivity contribution is 0.590. The van der Waals surface area contributed by atoms with E-state index in [0.717, 1.165) is 123 Å². The lowest BCUT2D eigenvalue weighted by Gasteiger charge is -2.37. The molecule has 12 aromatic carbocycles. The quantitative estimate of drug-likeness (QED) is 0.136. The maximum absolute atomic E-state index is 17.0. The molecule has 0 radical (unpaired) electrons. The van der Waals surface area contributed by atoms with Crippen LogP contribution in [0.2, 0.25) is 0 Å². The second kappa shape index (κ2) is 21.1. The number of anilines is 6. The molecule has 434 valence electrons. The van der Waals surface area contributed by atoms with Gasteiger partial charge in [0.15, 0.2) is 0 Å². The Labute approximate surface area is 520 Å². The number of para-hydroxylation sites is 1. The van der Waals surface area contributed by atoms with Crippen LogP contribution in [-0.4, -0.2) is 0 Å². The molecule has 15 rings (SSSR count). The number of fused-ring (bicyclic) bond motifs is 11. The monoisotopic (exact) mass is 1160 g/mol. The van der Waals surface area contributed by atoms with Crippen LogP contribution in [0.5, 0.6) is 0 Å². The number of hydrogen-bond acceptors (Lipinski definition) is 3. The van der Waals surface area contributed by atoms with E-state index in [0.29, 0.717) is 23.1 Å². The van der Waals surface area contributed by atoms with E-state index in [9.17, 15) is 0 Å². The Balaban J connectivity index is 1.15. The van der Waals surface area contributed by atoms with E-state index in [-0.39, 0.29) is 10.8 Å². The third kappa shape index (κ3) is 9.11. The van der Waals surface area contributed by atoms with Crippen LogP contribution < -0.4 is 9.80 Å². The van der Waals surface area contributed by atoms with Gasteiger partial charge in [0.05, 0.1) is 33.6 Å². The summed E-state index contributed by atoms with van der Waals surface area (Å²) in [5.74, 6) is -0.795. The highest BCUT2D eigenvalue weighted by atomic mass is 19.1. The van der Waals surface area contributed by atoms with E-state index >= 15 is 8.78 Å². The Bertz CT molecular complexity index is 4880. The van der Waals surface area contributed by atoms with E-state index in [1.807, 2.05) is 18.2 Å². The second-order valence-electron chi connectivity index (χ2n) is 26.4. The van der Waals surface area contributed by atoms with Gasteiger partial charge in [-0.3, -0.25) is 0 Å². The summed E-state index contributed by atoms with van der Waals surface area (Å²) in [5.41, 5.74) is 24.0. The highest BCUT2D eigenvalue weighted by Crippen LogP contribution is 2.66. The summed E-state index contributed by atoms with van der Waals surface area (Å²) >= 11 is 0. The van der Waals surface area contributed by atoms with E-state index in [1.54, 1.807) is 24.3 Å². The summed E-state index contributed by atoms with van der Waals surface area (Å²) < 4.78 is 41.7. The Morgan fingerprint density at radius 1 is 0.404 bits per heavy atom. The Morgan fingerprint density at radius 2 is 0.888 bits per heavy atom. The van der Waals surface area contributed by atoms with Gasteiger partial charge in [-0.15, -0.1) is 0 Å². The average molecular weight is 1160 g/mol. The van der Waals surface area contributed by atoms with E-state index in [4.69, 9.17) is 4.42 Å². The molecular weight excluding hydrogens is 1090 g/mol. The molecule has 0 saturated heterocycles. The summed E-state index contributed by atoms with van der Waals surface area (Å²) in [7, 11) is 0. The second-order valence-corrected chi connectivity index (χ2v) is 26.4. The van der Waals surface area contributed by atoms with Gasteiger partial charge in [0.25, 0.3) is 0 Å². The number of hydrogen-bond donors (Lipinski definition) is 0. The molecule has 89 heavy (non-hydrogen) atoms. The molecule has 3 nitrogen and oxygen atoms in total. The molecule has 0 amide bonds. The van der Waals surface area contributed by atoms with Crippen molar-refractivity contribution in [3.8, 4) is 44.5 Å². The van der Waals surface area contributed by atoms with Crippen molar-refractivity contribution in [2.75, 3.05) is 9.80 Å². The van der Waals surface area contributed by atoms with E-state index in [2.05, 4.69) is 265 Å². The minimum atomic E-state index is -1.38. The third-order valence-corrected chi connectivity index (χ3v) is 18.7. The Hall–Kier alpha value is -10.1. The Kier molecular flexibility index (Phi) is 13.1. The molecule has 2 aliphatic carbocycles. The molecule has 0 fully saturated rings. The molecule has 5 heteroatoms. The molecule has 1 heterocycles. The molecule has 1 aromatic heterocycles. The zero-order chi connectivity index (χ0) is 61.1. The van der Waals surface area contributed by atoms with Gasteiger partial charge >= 0.3 is 0 Å². The Morgan fingerprint density at radius 3 is 1.43 bits per heavy atom. The molecule has 0 unspecified atom stereocenters. The summed E-state index contributed by atoms with van der Waals surface area (Å²) in [6.07, 6.45) is 0.634. The molecule has 0 spiro atoms. The highest BCUT2D eigenvalue weighted by Gasteiger charge is 2.52. The van der Waals surface area contributed by atoms with Gasteiger partial charge in [0.2, 0.25) is 0 Å². The van der Waals surface area contributed by atoms with Crippen LogP contribution >= 0.6 is 0 Å². The molecule has 0 bridgehead atoms. The van der Waals surface area contributed by atoms with Crippen molar-refractivity contribution < 1.29 is 13.2 Å². The topological polar surface area (TPSA) is 19.6 Å². The maximum atomic E-state index is 17.0. The summed E-state index contributed by atoms with van der Waals surface area (Å²) in [6.45, 7) is 17.8. The van der Waals surface area contributed by atoms with Crippen molar-refractivity contribution in [1.82, 2.24) is 0 Å². The average Bonchev–Trinajstić information content (AvgIpc) is 1.53. The first-order chi connectivity index (χ1) is 43.0. The largest absolute Gasteiger partial charge is 0.455 e. The third-order valence-electron chi connectivity index (χ3n) is 18.7. The first kappa shape index (κ1) is 55.5. The zero-order valence-corrected chi connectivity index (χ0v) is 51.5. The van der Waals surface area contributed by atoms with Crippen molar-refractivity contribution >= 4 is 56.1 Å². The molecule has 2 aliphatic rings.